The van der Waals surface area contributed by atoms with Gasteiger partial charge in [0.15, 0.2) is 0 Å². The Morgan fingerprint density at radius 3 is 2.32 bits per heavy atom. The van der Waals surface area contributed by atoms with Crippen LogP contribution in [0.2, 0.25) is 0 Å². The minimum Gasteiger partial charge on any atom is -0.420 e. The average molecular weight is 339 g/mol. The molecule has 0 amide bonds. The highest BCUT2D eigenvalue weighted by Crippen LogP contribution is 2.26. The molecule has 0 radical (unpaired) electrons. The SMILES string of the molecule is Cc1ccc(C)c(OC(=O)c2nc(C)n(-c3ccc(F)cc3)n2)c1C. The molecule has 6 heteroatoms. The van der Waals surface area contributed by atoms with Crippen LogP contribution in [-0.4, -0.2) is 20.7 Å². The lowest BCUT2D eigenvalue weighted by molar-refractivity contribution is 0.0719. The van der Waals surface area contributed by atoms with Crippen LogP contribution in [0.15, 0.2) is 36.4 Å². The summed E-state index contributed by atoms with van der Waals surface area (Å²) in [6.07, 6.45) is 0. The van der Waals surface area contributed by atoms with Gasteiger partial charge in [0.1, 0.15) is 17.4 Å². The minimum atomic E-state index is -0.624. The predicted octanol–water partition coefficient (Wildman–Crippen LogP) is 3.86. The summed E-state index contributed by atoms with van der Waals surface area (Å²) in [4.78, 5) is 16.6. The highest BCUT2D eigenvalue weighted by molar-refractivity contribution is 5.87. The van der Waals surface area contributed by atoms with Crippen LogP contribution < -0.4 is 4.74 Å². The van der Waals surface area contributed by atoms with Gasteiger partial charge in [0.25, 0.3) is 5.82 Å². The topological polar surface area (TPSA) is 57.0 Å². The first-order chi connectivity index (χ1) is 11.9. The first-order valence-electron chi connectivity index (χ1n) is 7.85. The van der Waals surface area contributed by atoms with Crippen molar-refractivity contribution in [1.82, 2.24) is 14.8 Å². The zero-order valence-corrected chi connectivity index (χ0v) is 14.5. The number of benzene rings is 2. The van der Waals surface area contributed by atoms with Crippen LogP contribution in [-0.2, 0) is 0 Å². The van der Waals surface area contributed by atoms with Gasteiger partial charge in [0.2, 0.25) is 0 Å². The highest BCUT2D eigenvalue weighted by atomic mass is 19.1. The summed E-state index contributed by atoms with van der Waals surface area (Å²) in [6, 6.07) is 9.68. The molecule has 0 aliphatic rings. The predicted molar refractivity (Wildman–Crippen MR) is 91.7 cm³/mol. The van der Waals surface area contributed by atoms with Gasteiger partial charge in [-0.05, 0) is 68.7 Å². The van der Waals surface area contributed by atoms with E-state index in [4.69, 9.17) is 4.74 Å². The number of hydrogen-bond acceptors (Lipinski definition) is 4. The van der Waals surface area contributed by atoms with Crippen LogP contribution in [0.3, 0.4) is 0 Å². The van der Waals surface area contributed by atoms with Crippen molar-refractivity contribution in [3.63, 3.8) is 0 Å². The third kappa shape index (κ3) is 3.28. The Morgan fingerprint density at radius 2 is 1.64 bits per heavy atom. The van der Waals surface area contributed by atoms with Gasteiger partial charge < -0.3 is 4.74 Å². The quantitative estimate of drug-likeness (QED) is 0.537. The third-order valence-electron chi connectivity index (χ3n) is 4.09. The maximum absolute atomic E-state index is 13.1. The number of ether oxygens (including phenoxy) is 1. The summed E-state index contributed by atoms with van der Waals surface area (Å²) >= 11 is 0. The molecule has 0 bridgehead atoms. The second kappa shape index (κ2) is 6.47. The van der Waals surface area contributed by atoms with Crippen molar-refractivity contribution in [3.8, 4) is 11.4 Å². The molecule has 0 saturated heterocycles. The molecule has 0 saturated carbocycles. The van der Waals surface area contributed by atoms with Crippen molar-refractivity contribution in [2.45, 2.75) is 27.7 Å². The van der Waals surface area contributed by atoms with Gasteiger partial charge in [0, 0.05) is 0 Å². The van der Waals surface area contributed by atoms with E-state index in [1.165, 1.54) is 16.8 Å². The van der Waals surface area contributed by atoms with E-state index in [2.05, 4.69) is 10.1 Å². The van der Waals surface area contributed by atoms with Crippen molar-refractivity contribution in [3.05, 3.63) is 70.6 Å². The van der Waals surface area contributed by atoms with E-state index < -0.39 is 5.97 Å². The zero-order valence-electron chi connectivity index (χ0n) is 14.5. The maximum Gasteiger partial charge on any atom is 0.383 e. The van der Waals surface area contributed by atoms with Crippen LogP contribution in [0.5, 0.6) is 5.75 Å². The maximum atomic E-state index is 13.1. The van der Waals surface area contributed by atoms with E-state index in [1.54, 1.807) is 19.1 Å². The first kappa shape index (κ1) is 16.8. The Kier molecular flexibility index (Phi) is 4.35. The Morgan fingerprint density at radius 1 is 1.00 bits per heavy atom. The lowest BCUT2D eigenvalue weighted by Crippen LogP contribution is -2.13. The molecule has 0 unspecified atom stereocenters. The molecule has 1 heterocycles. The summed E-state index contributed by atoms with van der Waals surface area (Å²) in [6.45, 7) is 7.46. The van der Waals surface area contributed by atoms with Crippen LogP contribution in [0.25, 0.3) is 5.69 Å². The van der Waals surface area contributed by atoms with Gasteiger partial charge in [0.05, 0.1) is 5.69 Å². The van der Waals surface area contributed by atoms with Crippen molar-refractivity contribution in [1.29, 1.82) is 0 Å². The van der Waals surface area contributed by atoms with Crippen molar-refractivity contribution in [2.75, 3.05) is 0 Å². The van der Waals surface area contributed by atoms with E-state index in [1.807, 2.05) is 32.9 Å². The van der Waals surface area contributed by atoms with Crippen LogP contribution >= 0.6 is 0 Å². The summed E-state index contributed by atoms with van der Waals surface area (Å²) in [7, 11) is 0. The number of aromatic nitrogens is 3. The number of halogens is 1. The molecule has 0 spiro atoms. The number of carbonyl (C=O) groups excluding carboxylic acids is 1. The largest absolute Gasteiger partial charge is 0.420 e. The summed E-state index contributed by atoms with van der Waals surface area (Å²) in [5.41, 5.74) is 3.43. The lowest BCUT2D eigenvalue weighted by atomic mass is 10.1. The summed E-state index contributed by atoms with van der Waals surface area (Å²) < 4.78 is 20.1. The molecule has 1 aromatic heterocycles. The molecule has 0 N–H and O–H groups in total. The number of esters is 1. The van der Waals surface area contributed by atoms with Crippen LogP contribution in [0, 0.1) is 33.5 Å². The summed E-state index contributed by atoms with van der Waals surface area (Å²) in [5.74, 6) is 0.0338. The number of nitrogens with zero attached hydrogens (tertiary/aromatic N) is 3. The molecule has 0 fully saturated rings. The van der Waals surface area contributed by atoms with Gasteiger partial charge in [-0.3, -0.25) is 0 Å². The monoisotopic (exact) mass is 339 g/mol. The van der Waals surface area contributed by atoms with Crippen LogP contribution in [0.1, 0.15) is 33.1 Å². The zero-order chi connectivity index (χ0) is 18.1. The molecule has 0 aliphatic carbocycles. The molecule has 3 rings (SSSR count). The summed E-state index contributed by atoms with van der Waals surface area (Å²) in [5, 5.41) is 4.20. The Hall–Kier alpha value is -3.02. The molecule has 5 nitrogen and oxygen atoms in total. The smallest absolute Gasteiger partial charge is 0.383 e. The number of aryl methyl sites for hydroxylation is 3. The highest BCUT2D eigenvalue weighted by Gasteiger charge is 2.19. The molecule has 128 valence electrons. The molecule has 3 aromatic rings. The molecular weight excluding hydrogens is 321 g/mol. The Labute approximate surface area is 145 Å². The fraction of sp³-hybridized carbons (Fsp3) is 0.211. The molecular formula is C19H18FN3O2. The standard InChI is InChI=1S/C19H18FN3O2/c1-11-5-6-12(2)17(13(11)3)25-19(24)18-21-14(4)23(22-18)16-9-7-15(20)8-10-16/h5-10H,1-4H3. The van der Waals surface area contributed by atoms with Crippen molar-refractivity contribution >= 4 is 5.97 Å². The lowest BCUT2D eigenvalue weighted by Gasteiger charge is -2.11. The van der Waals surface area contributed by atoms with Gasteiger partial charge in [-0.25, -0.2) is 18.9 Å². The molecule has 2 aromatic carbocycles. The van der Waals surface area contributed by atoms with E-state index in [0.29, 0.717) is 17.3 Å². The van der Waals surface area contributed by atoms with Gasteiger partial charge in [-0.2, -0.15) is 0 Å². The van der Waals surface area contributed by atoms with Crippen molar-refractivity contribution in [2.24, 2.45) is 0 Å². The number of rotatable bonds is 3. The number of hydrogen-bond donors (Lipinski definition) is 0. The normalized spacial score (nSPS) is 10.8. The second-order valence-electron chi connectivity index (χ2n) is 5.91. The van der Waals surface area contributed by atoms with E-state index in [0.717, 1.165) is 16.7 Å². The van der Waals surface area contributed by atoms with E-state index in [9.17, 15) is 9.18 Å². The first-order valence-corrected chi connectivity index (χ1v) is 7.85. The van der Waals surface area contributed by atoms with Gasteiger partial charge in [-0.15, -0.1) is 5.10 Å². The Balaban J connectivity index is 1.91. The average Bonchev–Trinajstić information content (AvgIpc) is 2.98. The van der Waals surface area contributed by atoms with Gasteiger partial charge >= 0.3 is 5.97 Å². The fourth-order valence-corrected chi connectivity index (χ4v) is 2.52. The number of carbonyl (C=O) groups is 1. The van der Waals surface area contributed by atoms with Crippen LogP contribution in [0.4, 0.5) is 4.39 Å². The second-order valence-corrected chi connectivity index (χ2v) is 5.91. The third-order valence-corrected chi connectivity index (χ3v) is 4.09. The fourth-order valence-electron chi connectivity index (χ4n) is 2.52. The molecule has 0 aliphatic heterocycles. The van der Waals surface area contributed by atoms with E-state index >= 15 is 0 Å². The Bertz CT molecular complexity index is 946. The van der Waals surface area contributed by atoms with Crippen molar-refractivity contribution < 1.29 is 13.9 Å². The molecule has 0 atom stereocenters. The van der Waals surface area contributed by atoms with Gasteiger partial charge in [-0.1, -0.05) is 12.1 Å². The molecule has 25 heavy (non-hydrogen) atoms. The van der Waals surface area contributed by atoms with E-state index in [-0.39, 0.29) is 11.6 Å². The minimum absolute atomic E-state index is 0.0397.